The van der Waals surface area contributed by atoms with Crippen molar-refractivity contribution >= 4 is 23.4 Å². The summed E-state index contributed by atoms with van der Waals surface area (Å²) in [6.07, 6.45) is -0.536. The number of amides is 1. The molecule has 0 spiro atoms. The number of benzene rings is 1. The Morgan fingerprint density at radius 1 is 1.41 bits per heavy atom. The van der Waals surface area contributed by atoms with Gasteiger partial charge in [0.1, 0.15) is 0 Å². The Hall–Kier alpha value is -1.42. The molecule has 0 saturated heterocycles. The van der Waals surface area contributed by atoms with Crippen molar-refractivity contribution in [2.75, 3.05) is 5.73 Å². The zero-order valence-electron chi connectivity index (χ0n) is 10.4. The summed E-state index contributed by atoms with van der Waals surface area (Å²) in [5, 5.41) is 3.23. The zero-order valence-corrected chi connectivity index (χ0v) is 11.2. The molecule has 0 heterocycles. The molecule has 1 aromatic rings. The second kappa shape index (κ2) is 4.84. The minimum absolute atomic E-state index is 0.314. The standard InChI is InChI=1S/C12H17ClN2O2/c1-7-5-10(9(14)6-8(7)13)17-11(16)15-12(2,3)4/h5-6H,14H2,1-4H3,(H,15,16). The van der Waals surface area contributed by atoms with Crippen LogP contribution in [-0.2, 0) is 0 Å². The lowest BCUT2D eigenvalue weighted by Crippen LogP contribution is -2.42. The van der Waals surface area contributed by atoms with E-state index in [1.807, 2.05) is 27.7 Å². The maximum Gasteiger partial charge on any atom is 0.413 e. The van der Waals surface area contributed by atoms with Crippen LogP contribution < -0.4 is 15.8 Å². The van der Waals surface area contributed by atoms with E-state index in [1.54, 1.807) is 12.1 Å². The average Bonchev–Trinajstić information content (AvgIpc) is 2.11. The molecule has 1 rings (SSSR count). The molecule has 0 aliphatic carbocycles. The maximum atomic E-state index is 11.6. The Bertz CT molecular complexity index is 439. The molecule has 17 heavy (non-hydrogen) atoms. The maximum absolute atomic E-state index is 11.6. The number of ether oxygens (including phenoxy) is 1. The van der Waals surface area contributed by atoms with Crippen LogP contribution in [0.25, 0.3) is 0 Å². The van der Waals surface area contributed by atoms with E-state index in [1.165, 1.54) is 0 Å². The van der Waals surface area contributed by atoms with Crippen molar-refractivity contribution < 1.29 is 9.53 Å². The van der Waals surface area contributed by atoms with Gasteiger partial charge in [0.25, 0.3) is 0 Å². The number of carbonyl (C=O) groups excluding carboxylic acids is 1. The van der Waals surface area contributed by atoms with Crippen LogP contribution >= 0.6 is 11.6 Å². The van der Waals surface area contributed by atoms with Crippen LogP contribution in [0.4, 0.5) is 10.5 Å². The highest BCUT2D eigenvalue weighted by Crippen LogP contribution is 2.28. The number of halogens is 1. The molecule has 94 valence electrons. The number of anilines is 1. The van der Waals surface area contributed by atoms with Crippen molar-refractivity contribution in [1.29, 1.82) is 0 Å². The second-order valence-electron chi connectivity index (χ2n) is 4.90. The molecule has 0 saturated carbocycles. The van der Waals surface area contributed by atoms with Crippen LogP contribution in [0.5, 0.6) is 5.75 Å². The van der Waals surface area contributed by atoms with E-state index < -0.39 is 6.09 Å². The highest BCUT2D eigenvalue weighted by molar-refractivity contribution is 6.31. The number of nitrogen functional groups attached to an aromatic ring is 1. The summed E-state index contributed by atoms with van der Waals surface area (Å²) in [6.45, 7) is 7.41. The van der Waals surface area contributed by atoms with Gasteiger partial charge in [-0.3, -0.25) is 0 Å². The SMILES string of the molecule is Cc1cc(OC(=O)NC(C)(C)C)c(N)cc1Cl. The molecule has 0 radical (unpaired) electrons. The largest absolute Gasteiger partial charge is 0.413 e. The first-order valence-electron chi connectivity index (χ1n) is 5.24. The van der Waals surface area contributed by atoms with E-state index in [-0.39, 0.29) is 5.54 Å². The summed E-state index contributed by atoms with van der Waals surface area (Å²) in [5.41, 5.74) is 6.50. The summed E-state index contributed by atoms with van der Waals surface area (Å²) in [7, 11) is 0. The minimum atomic E-state index is -0.536. The fraction of sp³-hybridized carbons (Fsp3) is 0.417. The van der Waals surface area contributed by atoms with Gasteiger partial charge < -0.3 is 15.8 Å². The molecule has 0 bridgehead atoms. The molecular weight excluding hydrogens is 240 g/mol. The number of aryl methyl sites for hydroxylation is 1. The molecule has 0 aromatic heterocycles. The molecule has 3 N–H and O–H groups in total. The molecule has 0 fully saturated rings. The van der Waals surface area contributed by atoms with Crippen LogP contribution in [0, 0.1) is 6.92 Å². The van der Waals surface area contributed by atoms with Crippen molar-refractivity contribution in [1.82, 2.24) is 5.32 Å². The van der Waals surface area contributed by atoms with Gasteiger partial charge in [-0.2, -0.15) is 0 Å². The Kier molecular flexibility index (Phi) is 3.88. The molecule has 0 aliphatic rings. The highest BCUT2D eigenvalue weighted by atomic mass is 35.5. The van der Waals surface area contributed by atoms with E-state index in [0.29, 0.717) is 16.5 Å². The van der Waals surface area contributed by atoms with E-state index in [0.717, 1.165) is 5.56 Å². The average molecular weight is 257 g/mol. The number of rotatable bonds is 1. The topological polar surface area (TPSA) is 64.3 Å². The van der Waals surface area contributed by atoms with E-state index in [2.05, 4.69) is 5.32 Å². The summed E-state index contributed by atoms with van der Waals surface area (Å²) in [5.74, 6) is 0.314. The highest BCUT2D eigenvalue weighted by Gasteiger charge is 2.16. The first-order valence-corrected chi connectivity index (χ1v) is 5.62. The smallest absolute Gasteiger partial charge is 0.408 e. The third-order valence-corrected chi connectivity index (χ3v) is 2.38. The van der Waals surface area contributed by atoms with Crippen LogP contribution in [0.3, 0.4) is 0 Å². The minimum Gasteiger partial charge on any atom is -0.408 e. The van der Waals surface area contributed by atoms with Crippen molar-refractivity contribution in [3.8, 4) is 5.75 Å². The third-order valence-electron chi connectivity index (χ3n) is 1.97. The number of nitrogens with one attached hydrogen (secondary N) is 1. The quantitative estimate of drug-likeness (QED) is 0.759. The molecule has 0 aliphatic heterocycles. The molecular formula is C12H17ClN2O2. The number of hydrogen-bond acceptors (Lipinski definition) is 3. The summed E-state index contributed by atoms with van der Waals surface area (Å²) >= 11 is 5.89. The predicted octanol–water partition coefficient (Wildman–Crippen LogP) is 3.12. The fourth-order valence-electron chi connectivity index (χ4n) is 1.19. The lowest BCUT2D eigenvalue weighted by Gasteiger charge is -2.20. The molecule has 5 heteroatoms. The van der Waals surface area contributed by atoms with Gasteiger partial charge in [-0.1, -0.05) is 11.6 Å². The van der Waals surface area contributed by atoms with Gasteiger partial charge in [-0.15, -0.1) is 0 Å². The fourth-order valence-corrected chi connectivity index (χ4v) is 1.36. The van der Waals surface area contributed by atoms with Gasteiger partial charge in [-0.05, 0) is 45.4 Å². The van der Waals surface area contributed by atoms with Crippen molar-refractivity contribution in [2.24, 2.45) is 0 Å². The van der Waals surface area contributed by atoms with Crippen LogP contribution in [0.2, 0.25) is 5.02 Å². The van der Waals surface area contributed by atoms with E-state index in [4.69, 9.17) is 22.1 Å². The van der Waals surface area contributed by atoms with Crippen LogP contribution in [-0.4, -0.2) is 11.6 Å². The van der Waals surface area contributed by atoms with Crippen LogP contribution in [0.1, 0.15) is 26.3 Å². The Morgan fingerprint density at radius 2 is 2.00 bits per heavy atom. The van der Waals surface area contributed by atoms with Crippen molar-refractivity contribution in [3.05, 3.63) is 22.7 Å². The van der Waals surface area contributed by atoms with Crippen molar-refractivity contribution in [3.63, 3.8) is 0 Å². The van der Waals surface area contributed by atoms with Gasteiger partial charge in [0.15, 0.2) is 5.75 Å². The number of carbonyl (C=O) groups is 1. The Morgan fingerprint density at radius 3 is 2.53 bits per heavy atom. The van der Waals surface area contributed by atoms with Gasteiger partial charge in [-0.25, -0.2) is 4.79 Å². The van der Waals surface area contributed by atoms with Gasteiger partial charge in [0.05, 0.1) is 5.69 Å². The molecule has 1 amide bonds. The van der Waals surface area contributed by atoms with Gasteiger partial charge in [0.2, 0.25) is 0 Å². The molecule has 4 nitrogen and oxygen atoms in total. The summed E-state index contributed by atoms with van der Waals surface area (Å²) in [4.78, 5) is 11.6. The number of hydrogen-bond donors (Lipinski definition) is 2. The zero-order chi connectivity index (χ0) is 13.2. The second-order valence-corrected chi connectivity index (χ2v) is 5.31. The lowest BCUT2D eigenvalue weighted by atomic mass is 10.1. The summed E-state index contributed by atoms with van der Waals surface area (Å²) < 4.78 is 5.12. The first kappa shape index (κ1) is 13.6. The monoisotopic (exact) mass is 256 g/mol. The Balaban J connectivity index is 2.82. The lowest BCUT2D eigenvalue weighted by molar-refractivity contribution is 0.191. The predicted molar refractivity (Wildman–Crippen MR) is 69.5 cm³/mol. The molecule has 0 atom stereocenters. The first-order chi connectivity index (χ1) is 7.69. The van der Waals surface area contributed by atoms with Gasteiger partial charge in [0, 0.05) is 10.6 Å². The number of nitrogens with two attached hydrogens (primary N) is 1. The van der Waals surface area contributed by atoms with Gasteiger partial charge >= 0.3 is 6.09 Å². The summed E-state index contributed by atoms with van der Waals surface area (Å²) in [6, 6.07) is 3.20. The van der Waals surface area contributed by atoms with E-state index in [9.17, 15) is 4.79 Å². The third kappa shape index (κ3) is 4.15. The van der Waals surface area contributed by atoms with E-state index >= 15 is 0 Å². The van der Waals surface area contributed by atoms with Crippen LogP contribution in [0.15, 0.2) is 12.1 Å². The van der Waals surface area contributed by atoms with Crippen molar-refractivity contribution in [2.45, 2.75) is 33.2 Å². The molecule has 1 aromatic carbocycles. The molecule has 0 unspecified atom stereocenters. The Labute approximate surface area is 106 Å². The normalized spacial score (nSPS) is 11.1.